The zero-order valence-electron chi connectivity index (χ0n) is 11.2. The van der Waals surface area contributed by atoms with Crippen molar-refractivity contribution in [2.45, 2.75) is 13.0 Å². The third kappa shape index (κ3) is 3.31. The number of hydrogen-bond acceptors (Lipinski definition) is 2. The monoisotopic (exact) mass is 310 g/mol. The molecule has 0 aliphatic rings. The first-order valence-electron chi connectivity index (χ1n) is 6.20. The van der Waals surface area contributed by atoms with Crippen molar-refractivity contribution >= 4 is 23.2 Å². The molecule has 0 bridgehead atoms. The number of nitrogen functional groups attached to an aromatic ring is 1. The smallest absolute Gasteiger partial charge is 0.253 e. The summed E-state index contributed by atoms with van der Waals surface area (Å²) in [5.41, 5.74) is 5.92. The summed E-state index contributed by atoms with van der Waals surface area (Å²) in [7, 11) is 0. The molecule has 110 valence electrons. The second-order valence-electron chi connectivity index (χ2n) is 4.57. The van der Waals surface area contributed by atoms with Gasteiger partial charge in [0.25, 0.3) is 5.91 Å². The van der Waals surface area contributed by atoms with Gasteiger partial charge in [-0.1, -0.05) is 17.7 Å². The van der Waals surface area contributed by atoms with Gasteiger partial charge in [0.05, 0.1) is 16.6 Å². The molecule has 0 spiro atoms. The SMILES string of the molecule is CC(NC(=O)c1cc(N)ccc1Cl)c1c(F)cccc1F. The van der Waals surface area contributed by atoms with Crippen molar-refractivity contribution in [2.75, 3.05) is 5.73 Å². The van der Waals surface area contributed by atoms with Gasteiger partial charge in [-0.25, -0.2) is 8.78 Å². The van der Waals surface area contributed by atoms with Gasteiger partial charge in [0.15, 0.2) is 0 Å². The van der Waals surface area contributed by atoms with E-state index in [1.54, 1.807) is 6.07 Å². The van der Waals surface area contributed by atoms with Crippen LogP contribution in [0.2, 0.25) is 5.02 Å². The molecule has 2 aromatic carbocycles. The Labute approximate surface area is 125 Å². The Morgan fingerprint density at radius 3 is 2.48 bits per heavy atom. The lowest BCUT2D eigenvalue weighted by Crippen LogP contribution is -2.28. The summed E-state index contributed by atoms with van der Waals surface area (Å²) < 4.78 is 27.3. The van der Waals surface area contributed by atoms with Gasteiger partial charge in [-0.2, -0.15) is 0 Å². The maximum Gasteiger partial charge on any atom is 0.253 e. The van der Waals surface area contributed by atoms with Crippen molar-refractivity contribution in [3.05, 3.63) is 64.2 Å². The number of halogens is 3. The Hall–Kier alpha value is -2.14. The fraction of sp³-hybridized carbons (Fsp3) is 0.133. The van der Waals surface area contributed by atoms with E-state index in [9.17, 15) is 13.6 Å². The molecular weight excluding hydrogens is 298 g/mol. The molecule has 0 radical (unpaired) electrons. The minimum absolute atomic E-state index is 0.153. The van der Waals surface area contributed by atoms with Crippen LogP contribution in [0.3, 0.4) is 0 Å². The largest absolute Gasteiger partial charge is 0.399 e. The predicted octanol–water partition coefficient (Wildman–Crippen LogP) is 3.69. The van der Waals surface area contributed by atoms with Crippen molar-refractivity contribution in [3.63, 3.8) is 0 Å². The minimum atomic E-state index is -0.851. The van der Waals surface area contributed by atoms with E-state index in [2.05, 4.69) is 5.32 Å². The van der Waals surface area contributed by atoms with E-state index in [-0.39, 0.29) is 16.1 Å². The Morgan fingerprint density at radius 2 is 1.86 bits per heavy atom. The number of anilines is 1. The van der Waals surface area contributed by atoms with Gasteiger partial charge < -0.3 is 11.1 Å². The summed E-state index contributed by atoms with van der Waals surface area (Å²) in [6.07, 6.45) is 0. The number of benzene rings is 2. The van der Waals surface area contributed by atoms with Crippen LogP contribution in [-0.2, 0) is 0 Å². The Balaban J connectivity index is 2.25. The van der Waals surface area contributed by atoms with Gasteiger partial charge in [-0.15, -0.1) is 0 Å². The van der Waals surface area contributed by atoms with E-state index in [0.717, 1.165) is 12.1 Å². The van der Waals surface area contributed by atoms with Crippen molar-refractivity contribution in [3.8, 4) is 0 Å². The Morgan fingerprint density at radius 1 is 1.24 bits per heavy atom. The van der Waals surface area contributed by atoms with Crippen LogP contribution in [0.4, 0.5) is 14.5 Å². The third-order valence-electron chi connectivity index (χ3n) is 3.02. The van der Waals surface area contributed by atoms with Gasteiger partial charge in [-0.3, -0.25) is 4.79 Å². The molecule has 2 aromatic rings. The maximum atomic E-state index is 13.7. The van der Waals surface area contributed by atoms with Crippen LogP contribution >= 0.6 is 11.6 Å². The second-order valence-corrected chi connectivity index (χ2v) is 4.98. The number of nitrogens with two attached hydrogens (primary N) is 1. The highest BCUT2D eigenvalue weighted by molar-refractivity contribution is 6.34. The van der Waals surface area contributed by atoms with E-state index in [0.29, 0.717) is 5.69 Å². The number of carbonyl (C=O) groups excluding carboxylic acids is 1. The third-order valence-corrected chi connectivity index (χ3v) is 3.34. The van der Waals surface area contributed by atoms with Gasteiger partial charge in [0.1, 0.15) is 11.6 Å². The Kier molecular flexibility index (Phi) is 4.43. The first kappa shape index (κ1) is 15.3. The molecular formula is C15H13ClF2N2O. The van der Waals surface area contributed by atoms with Crippen molar-refractivity contribution in [1.82, 2.24) is 5.32 Å². The molecule has 3 nitrogen and oxygen atoms in total. The van der Waals surface area contributed by atoms with Crippen LogP contribution < -0.4 is 11.1 Å². The lowest BCUT2D eigenvalue weighted by molar-refractivity contribution is 0.0939. The van der Waals surface area contributed by atoms with Crippen LogP contribution in [0.1, 0.15) is 28.9 Å². The first-order chi connectivity index (χ1) is 9.90. The van der Waals surface area contributed by atoms with Crippen LogP contribution in [0.5, 0.6) is 0 Å². The lowest BCUT2D eigenvalue weighted by atomic mass is 10.1. The van der Waals surface area contributed by atoms with E-state index < -0.39 is 23.6 Å². The van der Waals surface area contributed by atoms with Crippen LogP contribution in [-0.4, -0.2) is 5.91 Å². The molecule has 0 aliphatic carbocycles. The number of amides is 1. The molecule has 2 rings (SSSR count). The summed E-state index contributed by atoms with van der Waals surface area (Å²) in [4.78, 5) is 12.1. The number of carbonyl (C=O) groups is 1. The molecule has 0 saturated carbocycles. The quantitative estimate of drug-likeness (QED) is 0.849. The highest BCUT2D eigenvalue weighted by Crippen LogP contribution is 2.23. The average Bonchev–Trinajstić information content (AvgIpc) is 2.41. The van der Waals surface area contributed by atoms with Crippen molar-refractivity contribution in [1.29, 1.82) is 0 Å². The van der Waals surface area contributed by atoms with Crippen LogP contribution in [0.25, 0.3) is 0 Å². The Bertz CT molecular complexity index is 671. The maximum absolute atomic E-state index is 13.7. The number of nitrogens with one attached hydrogen (secondary N) is 1. The standard InChI is InChI=1S/C15H13ClF2N2O/c1-8(14-12(17)3-2-4-13(14)18)20-15(21)10-7-9(19)5-6-11(10)16/h2-8H,19H2,1H3,(H,20,21). The molecule has 0 fully saturated rings. The molecule has 3 N–H and O–H groups in total. The molecule has 1 unspecified atom stereocenters. The predicted molar refractivity (Wildman–Crippen MR) is 78.1 cm³/mol. The fourth-order valence-electron chi connectivity index (χ4n) is 1.99. The molecule has 0 aromatic heterocycles. The molecule has 6 heteroatoms. The summed E-state index contributed by atoms with van der Waals surface area (Å²) in [5, 5.41) is 2.71. The second kappa shape index (κ2) is 6.10. The van der Waals surface area contributed by atoms with Gasteiger partial charge >= 0.3 is 0 Å². The van der Waals surface area contributed by atoms with Crippen LogP contribution in [0.15, 0.2) is 36.4 Å². The summed E-state index contributed by atoms with van der Waals surface area (Å²) in [6, 6.07) is 7.12. The van der Waals surface area contributed by atoms with Gasteiger partial charge in [0, 0.05) is 11.3 Å². The first-order valence-corrected chi connectivity index (χ1v) is 6.57. The highest BCUT2D eigenvalue weighted by Gasteiger charge is 2.19. The summed E-state index contributed by atoms with van der Waals surface area (Å²) in [6.45, 7) is 1.49. The minimum Gasteiger partial charge on any atom is -0.399 e. The van der Waals surface area contributed by atoms with Crippen molar-refractivity contribution in [2.24, 2.45) is 0 Å². The topological polar surface area (TPSA) is 55.1 Å². The van der Waals surface area contributed by atoms with E-state index in [1.807, 2.05) is 0 Å². The number of hydrogen-bond donors (Lipinski definition) is 2. The zero-order valence-corrected chi connectivity index (χ0v) is 11.9. The van der Waals surface area contributed by atoms with Crippen LogP contribution in [0, 0.1) is 11.6 Å². The lowest BCUT2D eigenvalue weighted by Gasteiger charge is -2.16. The number of rotatable bonds is 3. The average molecular weight is 311 g/mol. The molecule has 0 heterocycles. The molecule has 1 atom stereocenters. The molecule has 1 amide bonds. The molecule has 21 heavy (non-hydrogen) atoms. The fourth-order valence-corrected chi connectivity index (χ4v) is 2.19. The zero-order chi connectivity index (χ0) is 15.6. The van der Waals surface area contributed by atoms with E-state index >= 15 is 0 Å². The van der Waals surface area contributed by atoms with E-state index in [4.69, 9.17) is 17.3 Å². The highest BCUT2D eigenvalue weighted by atomic mass is 35.5. The molecule has 0 aliphatic heterocycles. The normalized spacial score (nSPS) is 12.0. The summed E-state index contributed by atoms with van der Waals surface area (Å²) in [5.74, 6) is -2.00. The van der Waals surface area contributed by atoms with Crippen molar-refractivity contribution < 1.29 is 13.6 Å². The van der Waals surface area contributed by atoms with Gasteiger partial charge in [0.2, 0.25) is 0 Å². The van der Waals surface area contributed by atoms with E-state index in [1.165, 1.54) is 25.1 Å². The van der Waals surface area contributed by atoms with Gasteiger partial charge in [-0.05, 0) is 37.3 Å². The summed E-state index contributed by atoms with van der Waals surface area (Å²) >= 11 is 5.92. The molecule has 0 saturated heterocycles.